The first kappa shape index (κ1) is 7.26. The van der Waals surface area contributed by atoms with E-state index < -0.39 is 0 Å². The lowest BCUT2D eigenvalue weighted by molar-refractivity contribution is 0.411. The molecule has 1 atom stereocenters. The molecule has 1 fully saturated rings. The van der Waals surface area contributed by atoms with Gasteiger partial charge in [-0.25, -0.2) is 4.85 Å². The summed E-state index contributed by atoms with van der Waals surface area (Å²) in [6, 6.07) is 1.92. The number of nitrogens with zero attached hydrogens (tertiary/aromatic N) is 2. The summed E-state index contributed by atoms with van der Waals surface area (Å²) in [5, 5.41) is 0. The van der Waals surface area contributed by atoms with E-state index in [4.69, 9.17) is 11.3 Å². The minimum absolute atomic E-state index is 0.184. The van der Waals surface area contributed by atoms with Crippen molar-refractivity contribution < 1.29 is 4.74 Å². The van der Waals surface area contributed by atoms with Crippen molar-refractivity contribution in [3.8, 4) is 0 Å². The molecule has 0 aromatic carbocycles. The van der Waals surface area contributed by atoms with Crippen molar-refractivity contribution in [3.05, 3.63) is 34.9 Å². The van der Waals surface area contributed by atoms with Crippen LogP contribution in [0.3, 0.4) is 0 Å². The highest BCUT2D eigenvalue weighted by Gasteiger charge is 2.26. The van der Waals surface area contributed by atoms with Crippen LogP contribution in [-0.2, 0) is 4.74 Å². The second-order valence-electron chi connectivity index (χ2n) is 2.83. The van der Waals surface area contributed by atoms with E-state index in [-0.39, 0.29) is 6.10 Å². The Balaban J connectivity index is 2.38. The first-order chi connectivity index (χ1) is 5.81. The van der Waals surface area contributed by atoms with Crippen molar-refractivity contribution >= 4 is 5.69 Å². The van der Waals surface area contributed by atoms with Crippen LogP contribution in [0.4, 0.5) is 5.69 Å². The van der Waals surface area contributed by atoms with Gasteiger partial charge in [0.2, 0.25) is 5.69 Å². The molecule has 3 nitrogen and oxygen atoms in total. The Morgan fingerprint density at radius 1 is 1.75 bits per heavy atom. The highest BCUT2D eigenvalue weighted by Crippen LogP contribution is 2.30. The molecule has 0 amide bonds. The molecule has 1 saturated heterocycles. The van der Waals surface area contributed by atoms with Crippen molar-refractivity contribution in [2.75, 3.05) is 6.61 Å². The maximum atomic E-state index is 6.83. The van der Waals surface area contributed by atoms with Crippen LogP contribution in [0.15, 0.2) is 12.3 Å². The number of hydrogen-bond acceptors (Lipinski definition) is 2. The molecule has 60 valence electrons. The smallest absolute Gasteiger partial charge is 0.207 e. The first-order valence-corrected chi connectivity index (χ1v) is 3.77. The van der Waals surface area contributed by atoms with Gasteiger partial charge in [0, 0.05) is 6.20 Å². The van der Waals surface area contributed by atoms with Gasteiger partial charge < -0.3 is 4.74 Å². The third-order valence-electron chi connectivity index (χ3n) is 1.89. The third kappa shape index (κ3) is 1.17. The SMILES string of the molecule is [C-]#[N+]c1cnc([C@H]2CO2)cc1C. The molecule has 2 heterocycles. The molecule has 3 heteroatoms. The number of epoxide rings is 1. The van der Waals surface area contributed by atoms with Gasteiger partial charge >= 0.3 is 0 Å². The summed E-state index contributed by atoms with van der Waals surface area (Å²) >= 11 is 0. The maximum Gasteiger partial charge on any atom is 0.207 e. The Labute approximate surface area is 70.8 Å². The summed E-state index contributed by atoms with van der Waals surface area (Å²) in [7, 11) is 0. The lowest BCUT2D eigenvalue weighted by Gasteiger charge is -1.98. The number of hydrogen-bond donors (Lipinski definition) is 0. The molecule has 2 rings (SSSR count). The van der Waals surface area contributed by atoms with E-state index in [1.807, 2.05) is 13.0 Å². The average molecular weight is 160 g/mol. The highest BCUT2D eigenvalue weighted by atomic mass is 16.6. The summed E-state index contributed by atoms with van der Waals surface area (Å²) in [5.74, 6) is 0. The first-order valence-electron chi connectivity index (χ1n) is 3.77. The van der Waals surface area contributed by atoms with Crippen molar-refractivity contribution in [1.29, 1.82) is 0 Å². The molecule has 1 aliphatic rings. The monoisotopic (exact) mass is 160 g/mol. The normalized spacial score (nSPS) is 20.2. The number of rotatable bonds is 1. The molecule has 0 radical (unpaired) electrons. The summed E-state index contributed by atoms with van der Waals surface area (Å²) in [5.41, 5.74) is 2.55. The predicted molar refractivity (Wildman–Crippen MR) is 43.9 cm³/mol. The van der Waals surface area contributed by atoms with E-state index in [0.29, 0.717) is 5.69 Å². The largest absolute Gasteiger partial charge is 0.366 e. The zero-order valence-corrected chi connectivity index (χ0v) is 6.74. The van der Waals surface area contributed by atoms with Crippen LogP contribution < -0.4 is 0 Å². The molecule has 0 N–H and O–H groups in total. The van der Waals surface area contributed by atoms with E-state index in [1.165, 1.54) is 0 Å². The molecule has 1 aromatic rings. The van der Waals surface area contributed by atoms with E-state index >= 15 is 0 Å². The van der Waals surface area contributed by atoms with Gasteiger partial charge in [-0.2, -0.15) is 0 Å². The van der Waals surface area contributed by atoms with Gasteiger partial charge in [-0.1, -0.05) is 0 Å². The quantitative estimate of drug-likeness (QED) is 0.464. The fraction of sp³-hybridized carbons (Fsp3) is 0.333. The topological polar surface area (TPSA) is 29.8 Å². The molecule has 12 heavy (non-hydrogen) atoms. The molecular formula is C9H8N2O. The fourth-order valence-corrected chi connectivity index (χ4v) is 1.08. The second-order valence-corrected chi connectivity index (χ2v) is 2.83. The second kappa shape index (κ2) is 2.58. The van der Waals surface area contributed by atoms with Gasteiger partial charge in [0.25, 0.3) is 0 Å². The van der Waals surface area contributed by atoms with Crippen molar-refractivity contribution in [3.63, 3.8) is 0 Å². The maximum absolute atomic E-state index is 6.83. The Bertz CT molecular complexity index is 350. The molecule has 0 unspecified atom stereocenters. The lowest BCUT2D eigenvalue weighted by Crippen LogP contribution is -1.87. The van der Waals surface area contributed by atoms with Gasteiger partial charge in [0.15, 0.2) is 0 Å². The van der Waals surface area contributed by atoms with Crippen LogP contribution in [-0.4, -0.2) is 11.6 Å². The number of aromatic nitrogens is 1. The van der Waals surface area contributed by atoms with Gasteiger partial charge in [-0.15, -0.1) is 0 Å². The van der Waals surface area contributed by atoms with Gasteiger partial charge in [0.1, 0.15) is 6.10 Å². The Hall–Kier alpha value is -1.40. The molecule has 0 bridgehead atoms. The zero-order valence-electron chi connectivity index (χ0n) is 6.74. The lowest BCUT2D eigenvalue weighted by atomic mass is 10.2. The summed E-state index contributed by atoms with van der Waals surface area (Å²) in [6.07, 6.45) is 1.79. The summed E-state index contributed by atoms with van der Waals surface area (Å²) in [6.45, 7) is 9.52. The molecule has 1 aromatic heterocycles. The summed E-state index contributed by atoms with van der Waals surface area (Å²) < 4.78 is 5.08. The van der Waals surface area contributed by atoms with E-state index in [9.17, 15) is 0 Å². The van der Waals surface area contributed by atoms with Crippen LogP contribution >= 0.6 is 0 Å². The van der Waals surface area contributed by atoms with E-state index in [1.54, 1.807) is 6.20 Å². The Kier molecular flexibility index (Phi) is 1.56. The van der Waals surface area contributed by atoms with Crippen molar-refractivity contribution in [1.82, 2.24) is 4.98 Å². The molecule has 1 aliphatic heterocycles. The summed E-state index contributed by atoms with van der Waals surface area (Å²) in [4.78, 5) is 7.47. The molecular weight excluding hydrogens is 152 g/mol. The Morgan fingerprint density at radius 2 is 2.50 bits per heavy atom. The number of aryl methyl sites for hydroxylation is 1. The predicted octanol–water partition coefficient (Wildman–Crippen LogP) is 2.01. The molecule has 0 aliphatic carbocycles. The van der Waals surface area contributed by atoms with Gasteiger partial charge in [-0.3, -0.25) is 4.98 Å². The number of pyridine rings is 1. The minimum atomic E-state index is 0.184. The average Bonchev–Trinajstić information content (AvgIpc) is 2.86. The van der Waals surface area contributed by atoms with Crippen LogP contribution in [0.1, 0.15) is 17.4 Å². The van der Waals surface area contributed by atoms with Crippen LogP contribution in [0.25, 0.3) is 4.85 Å². The van der Waals surface area contributed by atoms with Crippen LogP contribution in [0.2, 0.25) is 0 Å². The van der Waals surface area contributed by atoms with Crippen LogP contribution in [0.5, 0.6) is 0 Å². The fourth-order valence-electron chi connectivity index (χ4n) is 1.08. The number of ether oxygens (including phenoxy) is 1. The minimum Gasteiger partial charge on any atom is -0.366 e. The molecule has 0 spiro atoms. The van der Waals surface area contributed by atoms with Crippen LogP contribution in [0, 0.1) is 13.5 Å². The van der Waals surface area contributed by atoms with Crippen molar-refractivity contribution in [2.24, 2.45) is 0 Å². The zero-order chi connectivity index (χ0) is 8.55. The van der Waals surface area contributed by atoms with Gasteiger partial charge in [0.05, 0.1) is 18.9 Å². The highest BCUT2D eigenvalue weighted by molar-refractivity contribution is 5.50. The van der Waals surface area contributed by atoms with Crippen molar-refractivity contribution in [2.45, 2.75) is 13.0 Å². The van der Waals surface area contributed by atoms with Gasteiger partial charge in [-0.05, 0) is 18.6 Å². The van der Waals surface area contributed by atoms with E-state index in [2.05, 4.69) is 9.83 Å². The standard InChI is InChI=1S/C9H8N2O/c1-6-3-7(9-5-12-9)11-4-8(6)10-2/h3-4,9H,5H2,1H3/t9-/m1/s1. The third-order valence-corrected chi connectivity index (χ3v) is 1.89. The molecule has 0 saturated carbocycles. The Morgan fingerprint density at radius 3 is 3.00 bits per heavy atom. The van der Waals surface area contributed by atoms with E-state index in [0.717, 1.165) is 17.9 Å².